The minimum atomic E-state index is -0.476. The zero-order valence-corrected chi connectivity index (χ0v) is 19.3. The molecule has 0 unspecified atom stereocenters. The molecule has 0 atom stereocenters. The second-order valence-electron chi connectivity index (χ2n) is 7.13. The van der Waals surface area contributed by atoms with Gasteiger partial charge in [0.15, 0.2) is 17.5 Å². The summed E-state index contributed by atoms with van der Waals surface area (Å²) in [7, 11) is 1.60. The van der Waals surface area contributed by atoms with Crippen LogP contribution < -0.4 is 20.7 Å². The van der Waals surface area contributed by atoms with Crippen molar-refractivity contribution in [3.05, 3.63) is 54.1 Å². The smallest absolute Gasteiger partial charge is 0.239 e. The molecule has 0 aliphatic heterocycles. The summed E-state index contributed by atoms with van der Waals surface area (Å²) in [6.45, 7) is 6.16. The summed E-state index contributed by atoms with van der Waals surface area (Å²) in [5.74, 6) is 0.415. The van der Waals surface area contributed by atoms with Crippen molar-refractivity contribution in [2.75, 3.05) is 13.6 Å². The molecule has 2 aromatic rings. The highest BCUT2D eigenvalue weighted by atomic mass is 127. The maximum Gasteiger partial charge on any atom is 0.239 e. The van der Waals surface area contributed by atoms with Crippen LogP contribution >= 0.6 is 24.0 Å². The summed E-state index contributed by atoms with van der Waals surface area (Å²) in [4.78, 5) is 19.8. The van der Waals surface area contributed by atoms with Crippen molar-refractivity contribution in [3.63, 3.8) is 0 Å². The molecule has 0 saturated heterocycles. The maximum atomic E-state index is 14.3. The van der Waals surface area contributed by atoms with Crippen molar-refractivity contribution >= 4 is 35.8 Å². The molecule has 0 bridgehead atoms. The summed E-state index contributed by atoms with van der Waals surface area (Å²) in [6, 6.07) is 8.12. The minimum absolute atomic E-state index is 0. The molecule has 0 aliphatic rings. The number of hydrogen-bond acceptors (Lipinski definition) is 4. The van der Waals surface area contributed by atoms with Gasteiger partial charge < -0.3 is 20.7 Å². The van der Waals surface area contributed by atoms with Gasteiger partial charge in [-0.15, -0.1) is 24.0 Å². The Labute approximate surface area is 187 Å². The van der Waals surface area contributed by atoms with Crippen LogP contribution in [0.25, 0.3) is 0 Å². The largest absolute Gasteiger partial charge is 0.453 e. The van der Waals surface area contributed by atoms with Gasteiger partial charge in [0.2, 0.25) is 5.91 Å². The Kier molecular flexibility index (Phi) is 9.79. The highest BCUT2D eigenvalue weighted by Crippen LogP contribution is 2.24. The average molecular weight is 515 g/mol. The van der Waals surface area contributed by atoms with Crippen molar-refractivity contribution in [1.82, 2.24) is 20.9 Å². The van der Waals surface area contributed by atoms with Crippen LogP contribution in [0, 0.1) is 5.82 Å². The number of carbonyl (C=O) groups is 1. The second kappa shape index (κ2) is 11.5. The lowest BCUT2D eigenvalue weighted by Crippen LogP contribution is -2.48. The third-order valence-corrected chi connectivity index (χ3v) is 3.47. The first-order chi connectivity index (χ1) is 13.3. The van der Waals surface area contributed by atoms with Crippen molar-refractivity contribution < 1.29 is 13.9 Å². The molecule has 1 heterocycles. The van der Waals surface area contributed by atoms with Gasteiger partial charge in [-0.1, -0.05) is 6.07 Å². The van der Waals surface area contributed by atoms with Gasteiger partial charge in [0.25, 0.3) is 0 Å². The first kappa shape index (κ1) is 24.6. The summed E-state index contributed by atoms with van der Waals surface area (Å²) in [6.07, 6.45) is 3.13. The first-order valence-corrected chi connectivity index (χ1v) is 8.88. The third kappa shape index (κ3) is 9.07. The van der Waals surface area contributed by atoms with E-state index in [-0.39, 0.29) is 47.7 Å². The fourth-order valence-electron chi connectivity index (χ4n) is 2.30. The van der Waals surface area contributed by atoms with E-state index in [2.05, 4.69) is 25.9 Å². The van der Waals surface area contributed by atoms with Gasteiger partial charge >= 0.3 is 0 Å². The normalized spacial score (nSPS) is 11.3. The number of guanidine groups is 1. The van der Waals surface area contributed by atoms with E-state index in [1.807, 2.05) is 20.8 Å². The lowest BCUT2D eigenvalue weighted by Gasteiger charge is -2.21. The zero-order chi connectivity index (χ0) is 20.6. The lowest BCUT2D eigenvalue weighted by atomic mass is 10.1. The summed E-state index contributed by atoms with van der Waals surface area (Å²) in [5, 5.41) is 8.82. The van der Waals surface area contributed by atoms with Crippen LogP contribution in [0.2, 0.25) is 0 Å². The standard InChI is InChI=1S/C20H26FN5O2.HI/c1-20(2,3)26-18(27)13-25-19(22-4)24-11-14-7-8-17(16(21)10-14)28-15-6-5-9-23-12-15;/h5-10,12H,11,13H2,1-4H3,(H,26,27)(H2,22,24,25);1H. The fraction of sp³-hybridized carbons (Fsp3) is 0.350. The monoisotopic (exact) mass is 515 g/mol. The average Bonchev–Trinajstić information content (AvgIpc) is 2.63. The van der Waals surface area contributed by atoms with Crippen LogP contribution in [0.15, 0.2) is 47.7 Å². The van der Waals surface area contributed by atoms with E-state index >= 15 is 0 Å². The van der Waals surface area contributed by atoms with Crippen LogP contribution in [-0.2, 0) is 11.3 Å². The number of halogens is 2. The number of pyridine rings is 1. The number of aromatic nitrogens is 1. The molecular formula is C20H27FIN5O2. The molecular weight excluding hydrogens is 488 g/mol. The number of amides is 1. The molecule has 9 heteroatoms. The third-order valence-electron chi connectivity index (χ3n) is 3.47. The molecule has 29 heavy (non-hydrogen) atoms. The molecule has 158 valence electrons. The van der Waals surface area contributed by atoms with E-state index < -0.39 is 5.82 Å². The minimum Gasteiger partial charge on any atom is -0.453 e. The van der Waals surface area contributed by atoms with Crippen LogP contribution in [0.3, 0.4) is 0 Å². The van der Waals surface area contributed by atoms with Gasteiger partial charge in [-0.05, 0) is 50.6 Å². The molecule has 1 aromatic carbocycles. The number of nitrogens with zero attached hydrogens (tertiary/aromatic N) is 2. The van der Waals surface area contributed by atoms with Crippen molar-refractivity contribution in [1.29, 1.82) is 0 Å². The number of nitrogens with one attached hydrogen (secondary N) is 3. The van der Waals surface area contributed by atoms with Crippen LogP contribution in [0.4, 0.5) is 4.39 Å². The fourth-order valence-corrected chi connectivity index (χ4v) is 2.30. The zero-order valence-electron chi connectivity index (χ0n) is 17.0. The molecule has 3 N–H and O–H groups in total. The summed E-state index contributed by atoms with van der Waals surface area (Å²) >= 11 is 0. The number of carbonyl (C=O) groups excluding carboxylic acids is 1. The van der Waals surface area contributed by atoms with Gasteiger partial charge in [0.1, 0.15) is 5.75 Å². The number of benzene rings is 1. The Bertz CT molecular complexity index is 825. The topological polar surface area (TPSA) is 87.6 Å². The molecule has 0 radical (unpaired) electrons. The lowest BCUT2D eigenvalue weighted by molar-refractivity contribution is -0.121. The number of ether oxygens (including phenoxy) is 1. The molecule has 1 amide bonds. The Morgan fingerprint density at radius 1 is 1.24 bits per heavy atom. The van der Waals surface area contributed by atoms with Gasteiger partial charge in [0, 0.05) is 25.3 Å². The molecule has 0 aliphatic carbocycles. The van der Waals surface area contributed by atoms with E-state index in [9.17, 15) is 9.18 Å². The summed E-state index contributed by atoms with van der Waals surface area (Å²) < 4.78 is 19.8. The van der Waals surface area contributed by atoms with E-state index in [1.165, 1.54) is 12.3 Å². The highest BCUT2D eigenvalue weighted by Gasteiger charge is 2.13. The van der Waals surface area contributed by atoms with Gasteiger partial charge in [-0.3, -0.25) is 14.8 Å². The van der Waals surface area contributed by atoms with Crippen molar-refractivity contribution in [2.45, 2.75) is 32.9 Å². The Morgan fingerprint density at radius 2 is 2.00 bits per heavy atom. The molecule has 0 spiro atoms. The first-order valence-electron chi connectivity index (χ1n) is 8.88. The van der Waals surface area contributed by atoms with Gasteiger partial charge in [-0.25, -0.2) is 4.39 Å². The van der Waals surface area contributed by atoms with Gasteiger partial charge in [0.05, 0.1) is 12.7 Å². The molecule has 7 nitrogen and oxygen atoms in total. The van der Waals surface area contributed by atoms with E-state index in [4.69, 9.17) is 4.74 Å². The summed E-state index contributed by atoms with van der Waals surface area (Å²) in [5.41, 5.74) is 0.408. The predicted molar refractivity (Wildman–Crippen MR) is 122 cm³/mol. The molecule has 2 rings (SSSR count). The SMILES string of the molecule is CN=C(NCC(=O)NC(C)(C)C)NCc1ccc(Oc2cccnc2)c(F)c1.I. The van der Waals surface area contributed by atoms with Crippen LogP contribution in [-0.4, -0.2) is 36.0 Å². The second-order valence-corrected chi connectivity index (χ2v) is 7.13. The number of aliphatic imine (C=N–C) groups is 1. The van der Waals surface area contributed by atoms with Gasteiger partial charge in [-0.2, -0.15) is 0 Å². The van der Waals surface area contributed by atoms with Crippen LogP contribution in [0.5, 0.6) is 11.5 Å². The number of rotatable bonds is 6. The van der Waals surface area contributed by atoms with Crippen molar-refractivity contribution in [2.24, 2.45) is 4.99 Å². The van der Waals surface area contributed by atoms with Crippen LogP contribution in [0.1, 0.15) is 26.3 Å². The van der Waals surface area contributed by atoms with E-state index in [0.717, 1.165) is 0 Å². The molecule has 1 aromatic heterocycles. The highest BCUT2D eigenvalue weighted by molar-refractivity contribution is 14.0. The predicted octanol–water partition coefficient (Wildman–Crippen LogP) is 3.21. The molecule has 0 fully saturated rings. The maximum absolute atomic E-state index is 14.3. The Balaban J connectivity index is 0.00000420. The van der Waals surface area contributed by atoms with Crippen molar-refractivity contribution in [3.8, 4) is 11.5 Å². The number of hydrogen-bond donors (Lipinski definition) is 3. The van der Waals surface area contributed by atoms with E-state index in [1.54, 1.807) is 37.5 Å². The quantitative estimate of drug-likeness (QED) is 0.313. The Hall–Kier alpha value is -2.43. The Morgan fingerprint density at radius 3 is 2.59 bits per heavy atom. The van der Waals surface area contributed by atoms with E-state index in [0.29, 0.717) is 23.8 Å². The molecule has 0 saturated carbocycles.